The lowest BCUT2D eigenvalue weighted by Gasteiger charge is -2.07. The first-order valence-electron chi connectivity index (χ1n) is 3.94. The normalized spacial score (nSPS) is 20.3. The third-order valence-electron chi connectivity index (χ3n) is 1.70. The molecule has 0 bridgehead atoms. The van der Waals surface area contributed by atoms with Gasteiger partial charge in [-0.3, -0.25) is 0 Å². The minimum absolute atomic E-state index is 0.109. The van der Waals surface area contributed by atoms with Gasteiger partial charge in [0.1, 0.15) is 6.61 Å². The van der Waals surface area contributed by atoms with Crippen molar-refractivity contribution in [1.29, 1.82) is 0 Å². The Morgan fingerprint density at radius 3 is 2.83 bits per heavy atom. The summed E-state index contributed by atoms with van der Waals surface area (Å²) < 4.78 is 10.5. The summed E-state index contributed by atoms with van der Waals surface area (Å²) in [6.07, 6.45) is 1.62. The van der Waals surface area contributed by atoms with Gasteiger partial charge in [-0.15, -0.1) is 0 Å². The van der Waals surface area contributed by atoms with Crippen LogP contribution in [-0.2, 0) is 4.74 Å². The summed E-state index contributed by atoms with van der Waals surface area (Å²) in [5, 5.41) is 0. The molecule has 1 aliphatic rings. The Kier molecular flexibility index (Phi) is 1.46. The molecule has 0 saturated carbocycles. The lowest BCUT2D eigenvalue weighted by Crippen LogP contribution is -2.17. The van der Waals surface area contributed by atoms with Gasteiger partial charge in [0.2, 0.25) is 0 Å². The van der Waals surface area contributed by atoms with Crippen molar-refractivity contribution < 1.29 is 9.15 Å². The van der Waals surface area contributed by atoms with Crippen LogP contribution < -0.4 is 0 Å². The van der Waals surface area contributed by atoms with E-state index in [1.165, 1.54) is 0 Å². The molecule has 0 spiro atoms. The van der Waals surface area contributed by atoms with Gasteiger partial charge < -0.3 is 9.15 Å². The van der Waals surface area contributed by atoms with Crippen molar-refractivity contribution in [3.05, 3.63) is 24.2 Å². The van der Waals surface area contributed by atoms with Crippen LogP contribution in [0.25, 0.3) is 0 Å². The first kappa shape index (κ1) is 7.40. The number of hydrogen-bond donors (Lipinski definition) is 0. The molecule has 64 valence electrons. The van der Waals surface area contributed by atoms with Crippen molar-refractivity contribution >= 4 is 5.90 Å². The van der Waals surface area contributed by atoms with Crippen LogP contribution in [0.2, 0.25) is 0 Å². The summed E-state index contributed by atoms with van der Waals surface area (Å²) in [4.78, 5) is 4.36. The lowest BCUT2D eigenvalue weighted by atomic mass is 10.1. The zero-order valence-corrected chi connectivity index (χ0v) is 7.20. The van der Waals surface area contributed by atoms with Crippen LogP contribution >= 0.6 is 0 Å². The van der Waals surface area contributed by atoms with E-state index in [0.717, 1.165) is 0 Å². The zero-order valence-electron chi connectivity index (χ0n) is 7.20. The van der Waals surface area contributed by atoms with Crippen LogP contribution in [-0.4, -0.2) is 18.0 Å². The average Bonchev–Trinajstić information content (AvgIpc) is 2.55. The second-order valence-corrected chi connectivity index (χ2v) is 3.50. The van der Waals surface area contributed by atoms with Gasteiger partial charge in [-0.2, -0.15) is 0 Å². The number of hydrogen-bond acceptors (Lipinski definition) is 3. The van der Waals surface area contributed by atoms with Gasteiger partial charge in [-0.25, -0.2) is 4.99 Å². The van der Waals surface area contributed by atoms with E-state index in [9.17, 15) is 0 Å². The van der Waals surface area contributed by atoms with E-state index in [1.807, 2.05) is 26.0 Å². The molecule has 3 nitrogen and oxygen atoms in total. The van der Waals surface area contributed by atoms with E-state index in [1.54, 1.807) is 6.26 Å². The smallest absolute Gasteiger partial charge is 0.253 e. The fourth-order valence-corrected chi connectivity index (χ4v) is 1.11. The van der Waals surface area contributed by atoms with E-state index in [0.29, 0.717) is 18.3 Å². The van der Waals surface area contributed by atoms with Crippen molar-refractivity contribution in [1.82, 2.24) is 0 Å². The van der Waals surface area contributed by atoms with E-state index in [-0.39, 0.29) is 5.54 Å². The van der Waals surface area contributed by atoms with Gasteiger partial charge in [0.15, 0.2) is 5.76 Å². The quantitative estimate of drug-likeness (QED) is 0.636. The summed E-state index contributed by atoms with van der Waals surface area (Å²) in [7, 11) is 0. The third-order valence-corrected chi connectivity index (χ3v) is 1.70. The molecule has 2 heterocycles. The summed E-state index contributed by atoms with van der Waals surface area (Å²) in [6.45, 7) is 4.69. The molecule has 0 unspecified atom stereocenters. The summed E-state index contributed by atoms with van der Waals surface area (Å²) in [5.41, 5.74) is -0.109. The van der Waals surface area contributed by atoms with Gasteiger partial charge in [0.25, 0.3) is 5.90 Å². The molecular weight excluding hydrogens is 154 g/mol. The Hall–Kier alpha value is -1.25. The number of rotatable bonds is 1. The molecule has 0 aromatic carbocycles. The number of nitrogens with zero attached hydrogens (tertiary/aromatic N) is 1. The fourth-order valence-electron chi connectivity index (χ4n) is 1.11. The molecule has 0 atom stereocenters. The molecule has 3 heteroatoms. The zero-order chi connectivity index (χ0) is 8.60. The second-order valence-electron chi connectivity index (χ2n) is 3.50. The van der Waals surface area contributed by atoms with Crippen LogP contribution in [0.5, 0.6) is 0 Å². The molecule has 1 aliphatic heterocycles. The molecule has 1 aromatic heterocycles. The molecule has 0 N–H and O–H groups in total. The molecule has 0 aliphatic carbocycles. The maximum Gasteiger partial charge on any atom is 0.253 e. The average molecular weight is 165 g/mol. The number of ether oxygens (including phenoxy) is 1. The summed E-state index contributed by atoms with van der Waals surface area (Å²) in [6, 6.07) is 3.67. The molecule has 0 saturated heterocycles. The Bertz CT molecular complexity index is 298. The van der Waals surface area contributed by atoms with Gasteiger partial charge in [-0.1, -0.05) is 0 Å². The topological polar surface area (TPSA) is 34.7 Å². The van der Waals surface area contributed by atoms with Crippen molar-refractivity contribution in [3.63, 3.8) is 0 Å². The van der Waals surface area contributed by atoms with E-state index in [4.69, 9.17) is 9.15 Å². The molecule has 0 radical (unpaired) electrons. The Morgan fingerprint density at radius 1 is 1.50 bits per heavy atom. The van der Waals surface area contributed by atoms with Gasteiger partial charge in [0.05, 0.1) is 11.8 Å². The van der Waals surface area contributed by atoms with Crippen LogP contribution in [0.3, 0.4) is 0 Å². The molecule has 0 fully saturated rings. The lowest BCUT2D eigenvalue weighted by molar-refractivity contribution is 0.275. The number of aliphatic imine (C=N–C) groups is 1. The Balaban J connectivity index is 2.28. The fraction of sp³-hybridized carbons (Fsp3) is 0.444. The monoisotopic (exact) mass is 165 g/mol. The van der Waals surface area contributed by atoms with Crippen LogP contribution in [0.4, 0.5) is 0 Å². The largest absolute Gasteiger partial charge is 0.473 e. The van der Waals surface area contributed by atoms with Gasteiger partial charge in [0, 0.05) is 0 Å². The summed E-state index contributed by atoms with van der Waals surface area (Å²) >= 11 is 0. The molecule has 0 amide bonds. The maximum absolute atomic E-state index is 5.37. The second kappa shape index (κ2) is 2.37. The summed E-state index contributed by atoms with van der Waals surface area (Å²) in [5.74, 6) is 1.32. The number of furan rings is 1. The third kappa shape index (κ3) is 1.22. The first-order valence-corrected chi connectivity index (χ1v) is 3.94. The van der Waals surface area contributed by atoms with Crippen LogP contribution in [0.1, 0.15) is 19.6 Å². The van der Waals surface area contributed by atoms with Crippen molar-refractivity contribution in [3.8, 4) is 0 Å². The highest BCUT2D eigenvalue weighted by Gasteiger charge is 2.27. The predicted molar refractivity (Wildman–Crippen MR) is 45.3 cm³/mol. The van der Waals surface area contributed by atoms with Crippen molar-refractivity contribution in [2.24, 2.45) is 4.99 Å². The predicted octanol–water partition coefficient (Wildman–Crippen LogP) is 1.83. The van der Waals surface area contributed by atoms with E-state index in [2.05, 4.69) is 4.99 Å². The van der Waals surface area contributed by atoms with Gasteiger partial charge >= 0.3 is 0 Å². The minimum atomic E-state index is -0.109. The standard InChI is InChI=1S/C9H11NO2/c1-9(2)6-12-8(10-9)7-4-3-5-11-7/h3-5H,6H2,1-2H3. The Morgan fingerprint density at radius 2 is 2.33 bits per heavy atom. The molecular formula is C9H11NO2. The maximum atomic E-state index is 5.37. The van der Waals surface area contributed by atoms with Crippen molar-refractivity contribution in [2.75, 3.05) is 6.61 Å². The highest BCUT2D eigenvalue weighted by Crippen LogP contribution is 2.20. The molecule has 1 aromatic rings. The minimum Gasteiger partial charge on any atom is -0.473 e. The molecule has 2 rings (SSSR count). The van der Waals surface area contributed by atoms with Crippen molar-refractivity contribution in [2.45, 2.75) is 19.4 Å². The highest BCUT2D eigenvalue weighted by atomic mass is 16.5. The van der Waals surface area contributed by atoms with Crippen LogP contribution in [0, 0.1) is 0 Å². The first-order chi connectivity index (χ1) is 5.67. The van der Waals surface area contributed by atoms with E-state index >= 15 is 0 Å². The van der Waals surface area contributed by atoms with Gasteiger partial charge in [-0.05, 0) is 26.0 Å². The highest BCUT2D eigenvalue weighted by molar-refractivity contribution is 5.92. The molecule has 12 heavy (non-hydrogen) atoms. The Labute approximate surface area is 71.1 Å². The SMILES string of the molecule is CC1(C)COC(c2ccco2)=N1. The van der Waals surface area contributed by atoms with E-state index < -0.39 is 0 Å². The van der Waals surface area contributed by atoms with Crippen LogP contribution in [0.15, 0.2) is 27.8 Å².